The van der Waals surface area contributed by atoms with Gasteiger partial charge in [-0.05, 0) is 30.5 Å². The van der Waals surface area contributed by atoms with Crippen LogP contribution in [0.2, 0.25) is 0 Å². The van der Waals surface area contributed by atoms with Gasteiger partial charge in [0.05, 0.1) is 5.60 Å². The summed E-state index contributed by atoms with van der Waals surface area (Å²) in [6, 6.07) is 7.93. The second kappa shape index (κ2) is 4.49. The van der Waals surface area contributed by atoms with Crippen LogP contribution in [-0.4, -0.2) is 25.0 Å². The summed E-state index contributed by atoms with van der Waals surface area (Å²) in [5.74, 6) is 0.264. The predicted octanol–water partition coefficient (Wildman–Crippen LogP) is 2.08. The first-order valence-electron chi connectivity index (χ1n) is 6.03. The van der Waals surface area contributed by atoms with Gasteiger partial charge in [0.25, 0.3) is 0 Å². The fraction of sp³-hybridized carbons (Fsp3) is 0.500. The Kier molecular flexibility index (Phi) is 3.20. The summed E-state index contributed by atoms with van der Waals surface area (Å²) in [5.41, 5.74) is 1.23. The van der Waals surface area contributed by atoms with Crippen LogP contribution in [0.15, 0.2) is 24.3 Å². The molecular weight excluding hydrogens is 214 g/mol. The van der Waals surface area contributed by atoms with Crippen molar-refractivity contribution in [2.45, 2.75) is 31.3 Å². The van der Waals surface area contributed by atoms with E-state index in [1.54, 1.807) is 0 Å². The highest BCUT2D eigenvalue weighted by Gasteiger charge is 2.33. The number of ketones is 1. The van der Waals surface area contributed by atoms with Gasteiger partial charge in [-0.3, -0.25) is 4.79 Å². The van der Waals surface area contributed by atoms with Gasteiger partial charge in [-0.15, -0.1) is 0 Å². The van der Waals surface area contributed by atoms with E-state index in [1.807, 2.05) is 43.3 Å². The number of anilines is 1. The minimum Gasteiger partial charge on any atom is -0.385 e. The average molecular weight is 233 g/mol. The largest absolute Gasteiger partial charge is 0.385 e. The molecule has 3 nitrogen and oxygen atoms in total. The molecule has 0 aromatic heterocycles. The zero-order valence-corrected chi connectivity index (χ0v) is 10.4. The molecule has 0 heterocycles. The molecule has 1 aromatic rings. The fourth-order valence-electron chi connectivity index (χ4n) is 2.30. The predicted molar refractivity (Wildman–Crippen MR) is 68.1 cm³/mol. The molecule has 0 aliphatic heterocycles. The maximum atomic E-state index is 11.2. The van der Waals surface area contributed by atoms with Crippen LogP contribution in [0.25, 0.3) is 0 Å². The van der Waals surface area contributed by atoms with Gasteiger partial charge in [-0.1, -0.05) is 12.1 Å². The van der Waals surface area contributed by atoms with E-state index in [2.05, 4.69) is 0 Å². The first-order chi connectivity index (χ1) is 8.01. The molecular formula is C14H19NO2. The van der Waals surface area contributed by atoms with Crippen LogP contribution in [0, 0.1) is 0 Å². The molecule has 0 unspecified atom stereocenters. The summed E-state index contributed by atoms with van der Waals surface area (Å²) in [6.45, 7) is 0. The van der Waals surface area contributed by atoms with Gasteiger partial charge >= 0.3 is 0 Å². The molecule has 17 heavy (non-hydrogen) atoms. The highest BCUT2D eigenvalue weighted by atomic mass is 16.3. The van der Waals surface area contributed by atoms with E-state index in [-0.39, 0.29) is 5.78 Å². The molecule has 1 saturated carbocycles. The quantitative estimate of drug-likeness (QED) is 0.850. The third-order valence-electron chi connectivity index (χ3n) is 3.56. The summed E-state index contributed by atoms with van der Waals surface area (Å²) in [5, 5.41) is 10.5. The van der Waals surface area contributed by atoms with Crippen molar-refractivity contribution in [2.24, 2.45) is 0 Å². The Morgan fingerprint density at radius 3 is 2.12 bits per heavy atom. The molecule has 0 amide bonds. The van der Waals surface area contributed by atoms with Crippen molar-refractivity contribution in [3.05, 3.63) is 29.8 Å². The normalized spacial score (nSPS) is 19.1. The van der Waals surface area contributed by atoms with Gasteiger partial charge in [-0.2, -0.15) is 0 Å². The maximum Gasteiger partial charge on any atom is 0.133 e. The summed E-state index contributed by atoms with van der Waals surface area (Å²) in [4.78, 5) is 13.2. The summed E-state index contributed by atoms with van der Waals surface area (Å²) in [7, 11) is 3.98. The minimum atomic E-state index is -0.807. The lowest BCUT2D eigenvalue weighted by molar-refractivity contribution is -0.125. The van der Waals surface area contributed by atoms with Crippen LogP contribution in [-0.2, 0) is 10.4 Å². The van der Waals surface area contributed by atoms with Crippen molar-refractivity contribution >= 4 is 11.5 Å². The monoisotopic (exact) mass is 233 g/mol. The molecule has 92 valence electrons. The molecule has 0 spiro atoms. The molecule has 1 aliphatic rings. The number of benzene rings is 1. The van der Waals surface area contributed by atoms with E-state index in [1.165, 1.54) is 0 Å². The van der Waals surface area contributed by atoms with E-state index in [0.717, 1.165) is 11.3 Å². The smallest absolute Gasteiger partial charge is 0.133 e. The molecule has 1 aliphatic carbocycles. The zero-order valence-electron chi connectivity index (χ0n) is 10.4. The summed E-state index contributed by atoms with van der Waals surface area (Å²) < 4.78 is 0. The van der Waals surface area contributed by atoms with E-state index in [4.69, 9.17) is 0 Å². The van der Waals surface area contributed by atoms with Crippen LogP contribution in [0.5, 0.6) is 0 Å². The number of nitrogens with zero attached hydrogens (tertiary/aromatic N) is 1. The molecule has 0 atom stereocenters. The number of carbonyl (C=O) groups is 1. The number of carbonyl (C=O) groups excluding carboxylic acids is 1. The van der Waals surface area contributed by atoms with Crippen molar-refractivity contribution in [3.8, 4) is 0 Å². The van der Waals surface area contributed by atoms with Crippen molar-refractivity contribution < 1.29 is 9.90 Å². The molecule has 3 heteroatoms. The van der Waals surface area contributed by atoms with E-state index in [9.17, 15) is 9.90 Å². The van der Waals surface area contributed by atoms with Gasteiger partial charge < -0.3 is 10.0 Å². The lowest BCUT2D eigenvalue weighted by Crippen LogP contribution is -2.31. The molecule has 2 rings (SSSR count). The number of aliphatic hydroxyl groups is 1. The van der Waals surface area contributed by atoms with Crippen molar-refractivity contribution in [3.63, 3.8) is 0 Å². The second-order valence-electron chi connectivity index (χ2n) is 5.01. The first kappa shape index (κ1) is 12.1. The SMILES string of the molecule is CN(C)c1ccc(C2(O)CCC(=O)CC2)cc1. The molecule has 1 aromatic carbocycles. The zero-order chi connectivity index (χ0) is 12.5. The Morgan fingerprint density at radius 1 is 1.12 bits per heavy atom. The minimum absolute atomic E-state index is 0.264. The Bertz CT molecular complexity index is 399. The Morgan fingerprint density at radius 2 is 1.65 bits per heavy atom. The fourth-order valence-corrected chi connectivity index (χ4v) is 2.30. The van der Waals surface area contributed by atoms with Crippen LogP contribution in [0.1, 0.15) is 31.2 Å². The van der Waals surface area contributed by atoms with Gasteiger partial charge in [0.15, 0.2) is 0 Å². The highest BCUT2D eigenvalue weighted by Crippen LogP contribution is 2.36. The molecule has 0 saturated heterocycles. The van der Waals surface area contributed by atoms with Crippen molar-refractivity contribution in [1.29, 1.82) is 0 Å². The molecule has 0 bridgehead atoms. The van der Waals surface area contributed by atoms with Crippen LogP contribution in [0.3, 0.4) is 0 Å². The Hall–Kier alpha value is -1.35. The van der Waals surface area contributed by atoms with Gasteiger partial charge in [0.2, 0.25) is 0 Å². The number of hydrogen-bond donors (Lipinski definition) is 1. The van der Waals surface area contributed by atoms with Crippen LogP contribution in [0.4, 0.5) is 5.69 Å². The van der Waals surface area contributed by atoms with Gasteiger partial charge in [0.1, 0.15) is 5.78 Å². The lowest BCUT2D eigenvalue weighted by atomic mass is 9.79. The van der Waals surface area contributed by atoms with E-state index >= 15 is 0 Å². The summed E-state index contributed by atoms with van der Waals surface area (Å²) >= 11 is 0. The Labute approximate surface area is 102 Å². The van der Waals surface area contributed by atoms with E-state index < -0.39 is 5.60 Å². The molecule has 0 radical (unpaired) electrons. The standard InChI is InChI=1S/C14H19NO2/c1-15(2)12-5-3-11(4-6-12)14(17)9-7-13(16)8-10-14/h3-6,17H,7-10H2,1-2H3. The summed E-state index contributed by atoms with van der Waals surface area (Å²) in [6.07, 6.45) is 2.08. The number of Topliss-reactive ketones (excluding diaryl/α,β-unsaturated/α-hetero) is 1. The molecule has 1 fully saturated rings. The topological polar surface area (TPSA) is 40.5 Å². The maximum absolute atomic E-state index is 11.2. The molecule has 1 N–H and O–H groups in total. The third kappa shape index (κ3) is 2.50. The van der Waals surface area contributed by atoms with Crippen molar-refractivity contribution in [2.75, 3.05) is 19.0 Å². The highest BCUT2D eigenvalue weighted by molar-refractivity contribution is 5.79. The lowest BCUT2D eigenvalue weighted by Gasteiger charge is -2.32. The number of rotatable bonds is 2. The van der Waals surface area contributed by atoms with Crippen molar-refractivity contribution in [1.82, 2.24) is 0 Å². The second-order valence-corrected chi connectivity index (χ2v) is 5.01. The Balaban J connectivity index is 2.19. The van der Waals surface area contributed by atoms with Gasteiger partial charge in [0, 0.05) is 32.6 Å². The third-order valence-corrected chi connectivity index (χ3v) is 3.56. The average Bonchev–Trinajstić information content (AvgIpc) is 2.33. The van der Waals surface area contributed by atoms with Crippen LogP contribution >= 0.6 is 0 Å². The number of hydrogen-bond acceptors (Lipinski definition) is 3. The first-order valence-corrected chi connectivity index (χ1v) is 6.03. The van der Waals surface area contributed by atoms with E-state index in [0.29, 0.717) is 25.7 Å². The van der Waals surface area contributed by atoms with Crippen LogP contribution < -0.4 is 4.90 Å². The van der Waals surface area contributed by atoms with Gasteiger partial charge in [-0.25, -0.2) is 0 Å².